The average molecular weight is 300 g/mol. The van der Waals surface area contributed by atoms with Gasteiger partial charge in [0.2, 0.25) is 0 Å². The second-order valence-corrected chi connectivity index (χ2v) is 5.40. The number of rotatable bonds is 5. The highest BCUT2D eigenvalue weighted by Gasteiger charge is 2.23. The molecule has 9 nitrogen and oxygen atoms in total. The molecule has 0 aromatic carbocycles. The lowest BCUT2D eigenvalue weighted by Gasteiger charge is -2.26. The first-order chi connectivity index (χ1) is 10.1. The van der Waals surface area contributed by atoms with Crippen LogP contribution >= 0.6 is 0 Å². The molecule has 3 N–H and O–H groups in total. The highest BCUT2D eigenvalue weighted by Crippen LogP contribution is 2.24. The number of nitrogens with zero attached hydrogens (tertiary/aromatic N) is 2. The van der Waals surface area contributed by atoms with Crippen LogP contribution in [0.2, 0.25) is 0 Å². The Morgan fingerprint density at radius 3 is 2.62 bits per heavy atom. The summed E-state index contributed by atoms with van der Waals surface area (Å²) in [6, 6.07) is 0. The molecule has 9 heteroatoms. The highest BCUT2D eigenvalue weighted by atomic mass is 16.7. The van der Waals surface area contributed by atoms with Gasteiger partial charge in [0, 0.05) is 0 Å². The Balaban J connectivity index is 1.61. The van der Waals surface area contributed by atoms with E-state index in [0.717, 1.165) is 30.6 Å². The van der Waals surface area contributed by atoms with Crippen LogP contribution in [0.5, 0.6) is 0 Å². The summed E-state index contributed by atoms with van der Waals surface area (Å²) in [7, 11) is 0. The average Bonchev–Trinajstić information content (AvgIpc) is 2.49. The SMILES string of the molecule is O=C(OCC[NH+]1CNC(=N[N+](=O)[O-])NC1)C1CCCCC1. The van der Waals surface area contributed by atoms with E-state index in [1.165, 1.54) is 6.42 Å². The second kappa shape index (κ2) is 7.77. The standard InChI is InChI=1S/C12H21N5O4/c18-11(10-4-2-1-3-5-10)21-7-6-16-8-13-12(14-9-16)15-17(19)20/h10H,1-9H2,(H2,13,14,15)/p+1. The van der Waals surface area contributed by atoms with E-state index in [-0.39, 0.29) is 17.8 Å². The first kappa shape index (κ1) is 15.5. The molecule has 0 aromatic heterocycles. The van der Waals surface area contributed by atoms with Gasteiger partial charge in [-0.25, -0.2) is 10.1 Å². The van der Waals surface area contributed by atoms with Crippen molar-refractivity contribution in [2.45, 2.75) is 32.1 Å². The minimum atomic E-state index is -0.744. The van der Waals surface area contributed by atoms with Gasteiger partial charge in [0.1, 0.15) is 18.3 Å². The minimum absolute atomic E-state index is 0.0742. The van der Waals surface area contributed by atoms with E-state index in [9.17, 15) is 14.9 Å². The van der Waals surface area contributed by atoms with Crippen molar-refractivity contribution < 1.29 is 19.5 Å². The summed E-state index contributed by atoms with van der Waals surface area (Å²) >= 11 is 0. The fraction of sp³-hybridized carbons (Fsp3) is 0.833. The minimum Gasteiger partial charge on any atom is -0.459 e. The molecule has 2 fully saturated rings. The van der Waals surface area contributed by atoms with Gasteiger partial charge in [-0.2, -0.15) is 0 Å². The normalized spacial score (nSPS) is 22.9. The number of carbonyl (C=O) groups is 1. The van der Waals surface area contributed by atoms with E-state index >= 15 is 0 Å². The number of guanidine groups is 1. The van der Waals surface area contributed by atoms with Crippen LogP contribution in [0.25, 0.3) is 0 Å². The van der Waals surface area contributed by atoms with Gasteiger partial charge in [0.15, 0.2) is 18.4 Å². The lowest BCUT2D eigenvalue weighted by Crippen LogP contribution is -3.17. The van der Waals surface area contributed by atoms with Crippen LogP contribution in [-0.4, -0.2) is 43.5 Å². The zero-order valence-electron chi connectivity index (χ0n) is 12.0. The van der Waals surface area contributed by atoms with Crippen molar-refractivity contribution in [2.75, 3.05) is 26.5 Å². The van der Waals surface area contributed by atoms with Crippen molar-refractivity contribution in [2.24, 2.45) is 11.0 Å². The van der Waals surface area contributed by atoms with Crippen LogP contribution in [0.3, 0.4) is 0 Å². The number of nitrogens with one attached hydrogen (secondary N) is 3. The summed E-state index contributed by atoms with van der Waals surface area (Å²) in [6.07, 6.45) is 5.33. The number of ether oxygens (including phenoxy) is 1. The summed E-state index contributed by atoms with van der Waals surface area (Å²) in [5.41, 5.74) is 0. The largest absolute Gasteiger partial charge is 0.459 e. The Labute approximate surface area is 122 Å². The molecule has 0 aromatic rings. The Kier molecular flexibility index (Phi) is 5.73. The van der Waals surface area contributed by atoms with Gasteiger partial charge in [0.05, 0.1) is 5.92 Å². The summed E-state index contributed by atoms with van der Waals surface area (Å²) in [4.78, 5) is 23.2. The lowest BCUT2D eigenvalue weighted by molar-refractivity contribution is -0.906. The second-order valence-electron chi connectivity index (χ2n) is 5.40. The summed E-state index contributed by atoms with van der Waals surface area (Å²) in [5, 5.41) is 18.3. The molecule has 0 radical (unpaired) electrons. The third-order valence-corrected chi connectivity index (χ3v) is 3.83. The number of carbonyl (C=O) groups excluding carboxylic acids is 1. The molecule has 21 heavy (non-hydrogen) atoms. The number of nitro groups is 1. The van der Waals surface area contributed by atoms with Crippen LogP contribution < -0.4 is 15.5 Å². The van der Waals surface area contributed by atoms with Gasteiger partial charge in [0.25, 0.3) is 5.96 Å². The number of esters is 1. The van der Waals surface area contributed by atoms with Crippen molar-refractivity contribution in [3.8, 4) is 0 Å². The molecule has 2 aliphatic rings. The number of hydrazone groups is 1. The Hall–Kier alpha value is -1.90. The quantitative estimate of drug-likeness (QED) is 0.329. The fourth-order valence-corrected chi connectivity index (χ4v) is 2.62. The molecule has 0 unspecified atom stereocenters. The topological polar surface area (TPSA) is 110 Å². The Morgan fingerprint density at radius 2 is 2.00 bits per heavy atom. The van der Waals surface area contributed by atoms with Crippen LogP contribution in [0.1, 0.15) is 32.1 Å². The summed E-state index contributed by atoms with van der Waals surface area (Å²) in [6.45, 7) is 2.06. The first-order valence-corrected chi connectivity index (χ1v) is 7.36. The summed E-state index contributed by atoms with van der Waals surface area (Å²) in [5.74, 6) is 0.163. The molecule has 1 saturated heterocycles. The maximum Gasteiger partial charge on any atom is 0.309 e. The molecule has 2 rings (SSSR count). The third kappa shape index (κ3) is 5.18. The van der Waals surface area contributed by atoms with Gasteiger partial charge in [-0.3, -0.25) is 9.69 Å². The van der Waals surface area contributed by atoms with Gasteiger partial charge in [-0.15, -0.1) is 0 Å². The maximum absolute atomic E-state index is 11.9. The van der Waals surface area contributed by atoms with Crippen LogP contribution in [0, 0.1) is 16.0 Å². The maximum atomic E-state index is 11.9. The number of hydrogen-bond acceptors (Lipinski definition) is 4. The molecule has 1 heterocycles. The zero-order chi connectivity index (χ0) is 15.1. The van der Waals surface area contributed by atoms with E-state index in [1.807, 2.05) is 0 Å². The Morgan fingerprint density at radius 1 is 1.33 bits per heavy atom. The molecule has 0 spiro atoms. The third-order valence-electron chi connectivity index (χ3n) is 3.83. The van der Waals surface area contributed by atoms with Crippen LogP contribution in [-0.2, 0) is 9.53 Å². The van der Waals surface area contributed by atoms with Gasteiger partial charge < -0.3 is 15.4 Å². The predicted octanol–water partition coefficient (Wildman–Crippen LogP) is -1.35. The van der Waals surface area contributed by atoms with Crippen molar-refractivity contribution in [1.29, 1.82) is 0 Å². The predicted molar refractivity (Wildman–Crippen MR) is 73.8 cm³/mol. The fourth-order valence-electron chi connectivity index (χ4n) is 2.62. The Bertz CT molecular complexity index is 398. The molecule has 118 valence electrons. The molecular formula is C12H22N5O4+. The van der Waals surface area contributed by atoms with Crippen molar-refractivity contribution in [1.82, 2.24) is 10.6 Å². The molecule has 1 aliphatic heterocycles. The smallest absolute Gasteiger partial charge is 0.309 e. The zero-order valence-corrected chi connectivity index (χ0v) is 12.0. The van der Waals surface area contributed by atoms with Crippen LogP contribution in [0.15, 0.2) is 5.10 Å². The number of quaternary nitrogens is 1. The van der Waals surface area contributed by atoms with Crippen molar-refractivity contribution in [3.05, 3.63) is 10.1 Å². The monoisotopic (exact) mass is 300 g/mol. The molecule has 0 amide bonds. The van der Waals surface area contributed by atoms with Gasteiger partial charge in [-0.05, 0) is 12.8 Å². The first-order valence-electron chi connectivity index (χ1n) is 7.36. The highest BCUT2D eigenvalue weighted by molar-refractivity contribution is 5.79. The van der Waals surface area contributed by atoms with E-state index in [2.05, 4.69) is 15.7 Å². The molecular weight excluding hydrogens is 278 g/mol. The van der Waals surface area contributed by atoms with Gasteiger partial charge >= 0.3 is 5.97 Å². The van der Waals surface area contributed by atoms with E-state index in [4.69, 9.17) is 4.74 Å². The van der Waals surface area contributed by atoms with Crippen LogP contribution in [0.4, 0.5) is 0 Å². The van der Waals surface area contributed by atoms with Crippen molar-refractivity contribution in [3.63, 3.8) is 0 Å². The molecule has 0 atom stereocenters. The van der Waals surface area contributed by atoms with E-state index in [1.54, 1.807) is 0 Å². The van der Waals surface area contributed by atoms with Gasteiger partial charge in [-0.1, -0.05) is 19.3 Å². The molecule has 0 bridgehead atoms. The summed E-state index contributed by atoms with van der Waals surface area (Å²) < 4.78 is 5.32. The number of hydrogen-bond donors (Lipinski definition) is 3. The van der Waals surface area contributed by atoms with E-state index < -0.39 is 5.03 Å². The van der Waals surface area contributed by atoms with E-state index in [0.29, 0.717) is 26.5 Å². The molecule has 1 saturated carbocycles. The lowest BCUT2D eigenvalue weighted by atomic mass is 9.89. The van der Waals surface area contributed by atoms with Crippen molar-refractivity contribution >= 4 is 11.9 Å². The molecule has 1 aliphatic carbocycles.